The zero-order valence-corrected chi connectivity index (χ0v) is 10.7. The molecule has 1 unspecified atom stereocenters. The maximum Gasteiger partial charge on any atom is 0.0847 e. The van der Waals surface area contributed by atoms with Gasteiger partial charge in [-0.05, 0) is 31.7 Å². The van der Waals surface area contributed by atoms with Crippen molar-refractivity contribution in [2.75, 3.05) is 6.54 Å². The molecule has 1 rings (SSSR count). The summed E-state index contributed by atoms with van der Waals surface area (Å²) >= 11 is 6.20. The maximum atomic E-state index is 6.20. The molecule has 0 saturated carbocycles. The fourth-order valence-corrected chi connectivity index (χ4v) is 1.98. The van der Waals surface area contributed by atoms with Crippen LogP contribution in [0.5, 0.6) is 0 Å². The third kappa shape index (κ3) is 2.73. The summed E-state index contributed by atoms with van der Waals surface area (Å²) < 4.78 is 1.86. The average Bonchev–Trinajstić information content (AvgIpc) is 2.39. The Morgan fingerprint density at radius 1 is 1.47 bits per heavy atom. The third-order valence-corrected chi connectivity index (χ3v) is 3.45. The molecule has 0 saturated heterocycles. The quantitative estimate of drug-likeness (QED) is 0.860. The zero-order chi connectivity index (χ0) is 11.6. The molecule has 1 aromatic heterocycles. The lowest BCUT2D eigenvalue weighted by Gasteiger charge is -2.18. The molecular weight excluding hydrogens is 210 g/mol. The largest absolute Gasteiger partial charge is 0.330 e. The molecule has 0 fully saturated rings. The van der Waals surface area contributed by atoms with Crippen LogP contribution < -0.4 is 5.73 Å². The summed E-state index contributed by atoms with van der Waals surface area (Å²) in [6.07, 6.45) is 0.907. The van der Waals surface area contributed by atoms with E-state index >= 15 is 0 Å². The molecule has 2 N–H and O–H groups in total. The van der Waals surface area contributed by atoms with Gasteiger partial charge in [0.25, 0.3) is 0 Å². The smallest absolute Gasteiger partial charge is 0.0847 e. The minimum atomic E-state index is 0.470. The molecule has 86 valence electrons. The highest BCUT2D eigenvalue weighted by atomic mass is 35.5. The van der Waals surface area contributed by atoms with Gasteiger partial charge in [0.1, 0.15) is 0 Å². The molecule has 0 aromatic carbocycles. The lowest BCUT2D eigenvalue weighted by atomic mass is 9.91. The van der Waals surface area contributed by atoms with Gasteiger partial charge in [-0.1, -0.05) is 25.4 Å². The lowest BCUT2D eigenvalue weighted by Crippen LogP contribution is -2.23. The van der Waals surface area contributed by atoms with E-state index in [-0.39, 0.29) is 0 Å². The molecule has 1 heterocycles. The van der Waals surface area contributed by atoms with Crippen molar-refractivity contribution in [3.63, 3.8) is 0 Å². The topological polar surface area (TPSA) is 43.8 Å². The van der Waals surface area contributed by atoms with Crippen molar-refractivity contribution >= 4 is 11.6 Å². The summed E-state index contributed by atoms with van der Waals surface area (Å²) in [7, 11) is 1.93. The molecule has 15 heavy (non-hydrogen) atoms. The second-order valence-corrected chi connectivity index (χ2v) is 4.79. The first kappa shape index (κ1) is 12.5. The maximum absolute atomic E-state index is 6.20. The Balaban J connectivity index is 2.88. The number of aromatic nitrogens is 2. The van der Waals surface area contributed by atoms with Crippen LogP contribution in [0.2, 0.25) is 5.02 Å². The highest BCUT2D eigenvalue weighted by Gasteiger charge is 2.18. The summed E-state index contributed by atoms with van der Waals surface area (Å²) in [5.74, 6) is 1.04. The SMILES string of the molecule is Cc1nn(C)c(CC(CN)C(C)C)c1Cl. The number of halogens is 1. The van der Waals surface area contributed by atoms with Crippen molar-refractivity contribution in [3.05, 3.63) is 16.4 Å². The van der Waals surface area contributed by atoms with Gasteiger partial charge in [0.05, 0.1) is 16.4 Å². The third-order valence-electron chi connectivity index (χ3n) is 2.96. The number of nitrogens with two attached hydrogens (primary N) is 1. The van der Waals surface area contributed by atoms with E-state index in [0.29, 0.717) is 18.4 Å². The van der Waals surface area contributed by atoms with Crippen molar-refractivity contribution in [1.29, 1.82) is 0 Å². The molecule has 1 aromatic rings. The van der Waals surface area contributed by atoms with Gasteiger partial charge in [0.2, 0.25) is 0 Å². The Morgan fingerprint density at radius 2 is 2.07 bits per heavy atom. The molecule has 0 amide bonds. The number of aryl methyl sites for hydroxylation is 2. The van der Waals surface area contributed by atoms with E-state index in [0.717, 1.165) is 22.8 Å². The van der Waals surface area contributed by atoms with Gasteiger partial charge < -0.3 is 5.73 Å². The minimum Gasteiger partial charge on any atom is -0.330 e. The van der Waals surface area contributed by atoms with Crippen LogP contribution in [-0.4, -0.2) is 16.3 Å². The molecule has 3 nitrogen and oxygen atoms in total. The predicted octanol–water partition coefficient (Wildman–Crippen LogP) is 2.16. The van der Waals surface area contributed by atoms with Crippen LogP contribution in [0.4, 0.5) is 0 Å². The second-order valence-electron chi connectivity index (χ2n) is 4.41. The first-order valence-corrected chi connectivity index (χ1v) is 5.73. The monoisotopic (exact) mass is 229 g/mol. The van der Waals surface area contributed by atoms with E-state index in [1.807, 2.05) is 18.7 Å². The van der Waals surface area contributed by atoms with Gasteiger partial charge >= 0.3 is 0 Å². The molecule has 0 aliphatic heterocycles. The standard InChI is InChI=1S/C11H20ClN3/c1-7(2)9(6-13)5-10-11(12)8(3)14-15(10)4/h7,9H,5-6,13H2,1-4H3. The predicted molar refractivity (Wildman–Crippen MR) is 64.0 cm³/mol. The molecule has 4 heteroatoms. The summed E-state index contributed by atoms with van der Waals surface area (Å²) in [4.78, 5) is 0. The summed E-state index contributed by atoms with van der Waals surface area (Å²) in [5.41, 5.74) is 7.75. The lowest BCUT2D eigenvalue weighted by molar-refractivity contribution is 0.383. The van der Waals surface area contributed by atoms with Crippen molar-refractivity contribution < 1.29 is 0 Å². The van der Waals surface area contributed by atoms with Crippen LogP contribution >= 0.6 is 11.6 Å². The van der Waals surface area contributed by atoms with Crippen LogP contribution in [0.15, 0.2) is 0 Å². The number of nitrogens with zero attached hydrogens (tertiary/aromatic N) is 2. The van der Waals surface area contributed by atoms with Crippen LogP contribution in [-0.2, 0) is 13.5 Å². The van der Waals surface area contributed by atoms with Gasteiger partial charge in [-0.25, -0.2) is 0 Å². The van der Waals surface area contributed by atoms with E-state index < -0.39 is 0 Å². The van der Waals surface area contributed by atoms with Crippen LogP contribution in [0.3, 0.4) is 0 Å². The molecule has 0 aliphatic rings. The van der Waals surface area contributed by atoms with Gasteiger partial charge in [-0.2, -0.15) is 5.10 Å². The Bertz CT molecular complexity index is 331. The number of rotatable bonds is 4. The first-order valence-electron chi connectivity index (χ1n) is 5.35. The van der Waals surface area contributed by atoms with Crippen LogP contribution in [0.25, 0.3) is 0 Å². The van der Waals surface area contributed by atoms with Gasteiger partial charge in [0, 0.05) is 7.05 Å². The first-order chi connectivity index (χ1) is 6.97. The second kappa shape index (κ2) is 4.99. The van der Waals surface area contributed by atoms with Crippen molar-refractivity contribution in [3.8, 4) is 0 Å². The van der Waals surface area contributed by atoms with Crippen molar-refractivity contribution in [2.45, 2.75) is 27.2 Å². The summed E-state index contributed by atoms with van der Waals surface area (Å²) in [5, 5.41) is 5.09. The van der Waals surface area contributed by atoms with E-state index in [1.165, 1.54) is 0 Å². The van der Waals surface area contributed by atoms with Crippen molar-refractivity contribution in [2.24, 2.45) is 24.6 Å². The van der Waals surface area contributed by atoms with E-state index in [2.05, 4.69) is 18.9 Å². The average molecular weight is 230 g/mol. The molecule has 0 bridgehead atoms. The summed E-state index contributed by atoms with van der Waals surface area (Å²) in [6, 6.07) is 0. The zero-order valence-electron chi connectivity index (χ0n) is 9.92. The molecular formula is C11H20ClN3. The molecule has 0 aliphatic carbocycles. The Kier molecular flexibility index (Phi) is 4.17. The summed E-state index contributed by atoms with van der Waals surface area (Å²) in [6.45, 7) is 7.00. The molecule has 1 atom stereocenters. The Hall–Kier alpha value is -0.540. The molecule has 0 radical (unpaired) electrons. The molecule has 0 spiro atoms. The Labute approximate surface area is 96.6 Å². The highest BCUT2D eigenvalue weighted by molar-refractivity contribution is 6.31. The fourth-order valence-electron chi connectivity index (χ4n) is 1.74. The minimum absolute atomic E-state index is 0.470. The fraction of sp³-hybridized carbons (Fsp3) is 0.727. The van der Waals surface area contributed by atoms with Crippen LogP contribution in [0.1, 0.15) is 25.2 Å². The van der Waals surface area contributed by atoms with E-state index in [4.69, 9.17) is 17.3 Å². The highest BCUT2D eigenvalue weighted by Crippen LogP contribution is 2.24. The van der Waals surface area contributed by atoms with Crippen molar-refractivity contribution in [1.82, 2.24) is 9.78 Å². The number of hydrogen-bond acceptors (Lipinski definition) is 2. The van der Waals surface area contributed by atoms with E-state index in [1.54, 1.807) is 0 Å². The van der Waals surface area contributed by atoms with Gasteiger partial charge in [-0.3, -0.25) is 4.68 Å². The Morgan fingerprint density at radius 3 is 2.40 bits per heavy atom. The normalized spacial score (nSPS) is 13.5. The number of hydrogen-bond donors (Lipinski definition) is 1. The van der Waals surface area contributed by atoms with Gasteiger partial charge in [0.15, 0.2) is 0 Å². The van der Waals surface area contributed by atoms with E-state index in [9.17, 15) is 0 Å². The van der Waals surface area contributed by atoms with Crippen LogP contribution in [0, 0.1) is 18.8 Å². The van der Waals surface area contributed by atoms with Gasteiger partial charge in [-0.15, -0.1) is 0 Å².